The molecule has 0 saturated heterocycles. The summed E-state index contributed by atoms with van der Waals surface area (Å²) in [6.45, 7) is 20.6. The van der Waals surface area contributed by atoms with E-state index < -0.39 is 10.8 Å². The molecule has 6 rings (SSSR count). The van der Waals surface area contributed by atoms with Gasteiger partial charge in [0.05, 0.1) is 52.5 Å². The van der Waals surface area contributed by atoms with Crippen molar-refractivity contribution in [1.29, 1.82) is 0 Å². The molecule has 0 aliphatic carbocycles. The van der Waals surface area contributed by atoms with Gasteiger partial charge in [0.15, 0.2) is 0 Å². The van der Waals surface area contributed by atoms with Gasteiger partial charge in [0.1, 0.15) is 33.6 Å². The number of carbonyl (C=O) groups excluding carboxylic acids is 2. The molecule has 6 aromatic rings. The molecule has 62 heavy (non-hydrogen) atoms. The van der Waals surface area contributed by atoms with Crippen molar-refractivity contribution in [3.8, 4) is 11.5 Å². The van der Waals surface area contributed by atoms with Crippen LogP contribution in [0, 0.1) is 38.5 Å². The van der Waals surface area contributed by atoms with Gasteiger partial charge in [-0.2, -0.15) is 0 Å². The summed E-state index contributed by atoms with van der Waals surface area (Å²) < 4.78 is 25.4. The Kier molecular flexibility index (Phi) is 14.5. The first-order valence-electron chi connectivity index (χ1n) is 20.8. The van der Waals surface area contributed by atoms with Gasteiger partial charge < -0.3 is 29.2 Å². The lowest BCUT2D eigenvalue weighted by Gasteiger charge is -2.34. The predicted octanol–water partition coefficient (Wildman–Crippen LogP) is 7.80. The van der Waals surface area contributed by atoms with Crippen molar-refractivity contribution >= 4 is 34.0 Å². The Morgan fingerprint density at radius 1 is 0.613 bits per heavy atom. The number of benzene rings is 4. The van der Waals surface area contributed by atoms with Gasteiger partial charge in [0.25, 0.3) is 0 Å². The van der Waals surface area contributed by atoms with Crippen LogP contribution in [0.2, 0.25) is 0 Å². The molecule has 2 heterocycles. The van der Waals surface area contributed by atoms with Crippen molar-refractivity contribution in [3.63, 3.8) is 0 Å². The van der Waals surface area contributed by atoms with Crippen LogP contribution in [0.15, 0.2) is 48.5 Å². The van der Waals surface area contributed by atoms with Gasteiger partial charge in [-0.15, -0.1) is 10.2 Å². The number of ether oxygens (including phenoxy) is 4. The molecule has 14 heteroatoms. The van der Waals surface area contributed by atoms with Crippen molar-refractivity contribution < 1.29 is 38.7 Å². The number of nitrogens with zero attached hydrogens (tertiary/aromatic N) is 6. The molecule has 0 amide bonds. The number of rotatable bonds is 14. The topological polar surface area (TPSA) is 173 Å². The molecule has 4 aromatic carbocycles. The summed E-state index contributed by atoms with van der Waals surface area (Å²) in [5.74, 6) is -0.0318. The van der Waals surface area contributed by atoms with Crippen LogP contribution in [0.1, 0.15) is 109 Å². The smallest absolute Gasteiger partial charge is 0.312 e. The number of esters is 2. The van der Waals surface area contributed by atoms with Crippen molar-refractivity contribution in [3.05, 3.63) is 104 Å². The van der Waals surface area contributed by atoms with Crippen molar-refractivity contribution in [1.82, 2.24) is 30.0 Å². The molecule has 2 atom stereocenters. The normalized spacial score (nSPS) is 12.8. The zero-order chi connectivity index (χ0) is 45.8. The molecule has 332 valence electrons. The minimum Gasteiger partial charge on any atom is -0.494 e. The molecule has 0 saturated carbocycles. The first kappa shape index (κ1) is 47.2. The number of aliphatic hydroxyl groups excluding tert-OH is 2. The minimum absolute atomic E-state index is 0.0722. The lowest BCUT2D eigenvalue weighted by atomic mass is 9.69. The largest absolute Gasteiger partial charge is 0.494 e. The van der Waals surface area contributed by atoms with Crippen LogP contribution in [0.3, 0.4) is 0 Å². The SMILES string of the molecule is CCn1nnc2c(C)c([C@@H](c3ccc(C)c(CO)c3)C(C)(C)C(=O)OC)cc(OC)c21.CCn1nnc2c(C)c([C@H](c3ccc(C)c(CO)c3)C(C)(C)C(=O)OC)cc(OC)c21. The molecular formula is C48H62N6O8. The van der Waals surface area contributed by atoms with E-state index in [-0.39, 0.29) is 37.0 Å². The van der Waals surface area contributed by atoms with Gasteiger partial charge >= 0.3 is 11.9 Å². The van der Waals surface area contributed by atoms with Crippen LogP contribution in [0.4, 0.5) is 0 Å². The zero-order valence-corrected chi connectivity index (χ0v) is 38.6. The summed E-state index contributed by atoms with van der Waals surface area (Å²) >= 11 is 0. The van der Waals surface area contributed by atoms with Crippen LogP contribution in [-0.2, 0) is 45.4 Å². The Morgan fingerprint density at radius 3 is 1.26 bits per heavy atom. The second-order valence-electron chi connectivity index (χ2n) is 16.8. The summed E-state index contributed by atoms with van der Waals surface area (Å²) in [5, 5.41) is 37.0. The number of carbonyl (C=O) groups is 2. The van der Waals surface area contributed by atoms with Gasteiger partial charge in [-0.05, 0) is 137 Å². The second-order valence-corrected chi connectivity index (χ2v) is 16.8. The number of hydrogen-bond acceptors (Lipinski definition) is 12. The number of fused-ring (bicyclic) bond motifs is 2. The van der Waals surface area contributed by atoms with E-state index >= 15 is 0 Å². The summed E-state index contributed by atoms with van der Waals surface area (Å²) in [5.41, 5.74) is 10.6. The number of aryl methyl sites for hydroxylation is 6. The van der Waals surface area contributed by atoms with E-state index in [1.807, 2.05) is 118 Å². The third kappa shape index (κ3) is 8.50. The molecule has 0 fully saturated rings. The average Bonchev–Trinajstić information content (AvgIpc) is 3.92. The van der Waals surface area contributed by atoms with Crippen LogP contribution < -0.4 is 9.47 Å². The molecule has 0 bridgehead atoms. The molecule has 0 unspecified atom stereocenters. The fraction of sp³-hybridized carbons (Fsp3) is 0.458. The van der Waals surface area contributed by atoms with Crippen LogP contribution in [0.5, 0.6) is 11.5 Å². The van der Waals surface area contributed by atoms with Gasteiger partial charge in [0.2, 0.25) is 0 Å². The van der Waals surface area contributed by atoms with Crippen molar-refractivity contribution in [2.24, 2.45) is 10.8 Å². The maximum absolute atomic E-state index is 12.9. The Bertz CT molecular complexity index is 2410. The lowest BCUT2D eigenvalue weighted by molar-refractivity contribution is -0.152. The Labute approximate surface area is 364 Å². The van der Waals surface area contributed by atoms with E-state index in [0.29, 0.717) is 24.6 Å². The first-order valence-corrected chi connectivity index (χ1v) is 20.8. The zero-order valence-electron chi connectivity index (χ0n) is 38.6. The monoisotopic (exact) mass is 850 g/mol. The van der Waals surface area contributed by atoms with Gasteiger partial charge in [0, 0.05) is 24.9 Å². The van der Waals surface area contributed by atoms with E-state index in [2.05, 4.69) is 20.6 Å². The van der Waals surface area contributed by atoms with E-state index in [4.69, 9.17) is 18.9 Å². The third-order valence-electron chi connectivity index (χ3n) is 12.4. The van der Waals surface area contributed by atoms with Gasteiger partial charge in [-0.3, -0.25) is 9.59 Å². The molecule has 0 aliphatic rings. The van der Waals surface area contributed by atoms with Gasteiger partial charge in [-0.1, -0.05) is 46.8 Å². The van der Waals surface area contributed by atoms with E-state index in [9.17, 15) is 19.8 Å². The highest BCUT2D eigenvalue weighted by Crippen LogP contribution is 2.48. The first-order chi connectivity index (χ1) is 29.4. The van der Waals surface area contributed by atoms with Crippen LogP contribution in [-0.4, -0.2) is 80.6 Å². The fourth-order valence-corrected chi connectivity index (χ4v) is 8.70. The summed E-state index contributed by atoms with van der Waals surface area (Å²) in [6.07, 6.45) is 0. The molecule has 0 radical (unpaired) electrons. The summed E-state index contributed by atoms with van der Waals surface area (Å²) in [6, 6.07) is 15.8. The van der Waals surface area contributed by atoms with Crippen LogP contribution >= 0.6 is 0 Å². The molecule has 0 aliphatic heterocycles. The minimum atomic E-state index is -0.888. The molecular weight excluding hydrogens is 789 g/mol. The number of aromatic nitrogens is 6. The third-order valence-corrected chi connectivity index (χ3v) is 12.4. The van der Waals surface area contributed by atoms with Crippen molar-refractivity contribution in [2.75, 3.05) is 28.4 Å². The Balaban J connectivity index is 0.000000234. The maximum atomic E-state index is 12.9. The predicted molar refractivity (Wildman–Crippen MR) is 238 cm³/mol. The van der Waals surface area contributed by atoms with E-state index in [0.717, 1.165) is 77.7 Å². The highest BCUT2D eigenvalue weighted by Gasteiger charge is 2.43. The van der Waals surface area contributed by atoms with E-state index in [1.165, 1.54) is 14.2 Å². The number of hydrogen-bond donors (Lipinski definition) is 2. The lowest BCUT2D eigenvalue weighted by Crippen LogP contribution is -2.34. The highest BCUT2D eigenvalue weighted by molar-refractivity contribution is 5.88. The molecule has 2 N–H and O–H groups in total. The number of methoxy groups -OCH3 is 4. The Hall–Kier alpha value is -5.86. The van der Waals surface area contributed by atoms with E-state index in [1.54, 1.807) is 23.6 Å². The van der Waals surface area contributed by atoms with Crippen LogP contribution in [0.25, 0.3) is 22.1 Å². The molecule has 0 spiro atoms. The summed E-state index contributed by atoms with van der Waals surface area (Å²) in [4.78, 5) is 25.8. The molecule has 14 nitrogen and oxygen atoms in total. The fourth-order valence-electron chi connectivity index (χ4n) is 8.70. The maximum Gasteiger partial charge on any atom is 0.312 e. The standard InChI is InChI=1S/2C24H31N3O4/c2*1-8-27-22-19(30-6)12-18(15(3)21(22)25-26-27)20(24(4,5)23(29)31-7)16-10-9-14(2)17(11-16)13-28/h2*9-12,20,28H,8,13H2,1-7H3/t2*20-/m10/s1. The molecule has 2 aromatic heterocycles. The highest BCUT2D eigenvalue weighted by atomic mass is 16.5. The van der Waals surface area contributed by atoms with Crippen molar-refractivity contribution in [2.45, 2.75) is 107 Å². The Morgan fingerprint density at radius 2 is 0.968 bits per heavy atom. The van der Waals surface area contributed by atoms with Gasteiger partial charge in [-0.25, -0.2) is 9.36 Å². The summed E-state index contributed by atoms with van der Waals surface area (Å²) in [7, 11) is 6.05. The number of aliphatic hydroxyl groups is 2. The second kappa shape index (κ2) is 19.0. The average molecular weight is 851 g/mol. The quantitative estimate of drug-likeness (QED) is 0.102.